The largest absolute Gasteiger partial charge is 0.506 e. The van der Waals surface area contributed by atoms with E-state index in [0.717, 1.165) is 5.56 Å². The molecule has 1 aromatic carbocycles. The van der Waals surface area contributed by atoms with Gasteiger partial charge in [0.15, 0.2) is 11.4 Å². The number of furan rings is 1. The standard InChI is InChI=1S/C21H20N4O3/c1-12(2)25-20-15(11-22-25)14(10-17(23-20)19-5-4-8-28-19)21(27)24-16-7-6-13(3)9-18(16)26/h4-12,26H,1-3H3,(H,24,27). The molecule has 3 aromatic heterocycles. The second-order valence-corrected chi connectivity index (χ2v) is 6.93. The van der Waals surface area contributed by atoms with Gasteiger partial charge in [-0.05, 0) is 56.7 Å². The number of carbonyl (C=O) groups excluding carboxylic acids is 1. The second kappa shape index (κ2) is 6.84. The molecule has 0 fully saturated rings. The van der Waals surface area contributed by atoms with Gasteiger partial charge in [0, 0.05) is 6.04 Å². The van der Waals surface area contributed by atoms with Gasteiger partial charge in [0.05, 0.1) is 29.1 Å². The van der Waals surface area contributed by atoms with Gasteiger partial charge in [-0.2, -0.15) is 5.10 Å². The SMILES string of the molecule is Cc1ccc(NC(=O)c2cc(-c3ccco3)nc3c2cnn3C(C)C)c(O)c1. The Hall–Kier alpha value is -3.61. The van der Waals surface area contributed by atoms with Crippen molar-refractivity contribution in [3.8, 4) is 17.2 Å². The molecular weight excluding hydrogens is 356 g/mol. The molecule has 1 amide bonds. The Bertz CT molecular complexity index is 1160. The van der Waals surface area contributed by atoms with Crippen LogP contribution in [-0.4, -0.2) is 25.8 Å². The summed E-state index contributed by atoms with van der Waals surface area (Å²) in [5, 5.41) is 17.9. The van der Waals surface area contributed by atoms with E-state index in [4.69, 9.17) is 4.42 Å². The predicted molar refractivity (Wildman–Crippen MR) is 106 cm³/mol. The first kappa shape index (κ1) is 17.8. The highest BCUT2D eigenvalue weighted by Gasteiger charge is 2.20. The van der Waals surface area contributed by atoms with Crippen molar-refractivity contribution in [2.75, 3.05) is 5.32 Å². The number of nitrogens with one attached hydrogen (secondary N) is 1. The molecule has 0 radical (unpaired) electrons. The Morgan fingerprint density at radius 3 is 2.75 bits per heavy atom. The summed E-state index contributed by atoms with van der Waals surface area (Å²) in [5.41, 5.74) is 2.79. The minimum atomic E-state index is -0.359. The molecule has 4 rings (SSSR count). The topological polar surface area (TPSA) is 93.2 Å². The summed E-state index contributed by atoms with van der Waals surface area (Å²) < 4.78 is 7.23. The normalized spacial score (nSPS) is 11.3. The minimum Gasteiger partial charge on any atom is -0.506 e. The quantitative estimate of drug-likeness (QED) is 0.510. The fraction of sp³-hybridized carbons (Fsp3) is 0.190. The van der Waals surface area contributed by atoms with Crippen LogP contribution in [0, 0.1) is 6.92 Å². The molecule has 0 saturated carbocycles. The number of carbonyl (C=O) groups is 1. The highest BCUT2D eigenvalue weighted by molar-refractivity contribution is 6.13. The maximum atomic E-state index is 13.0. The summed E-state index contributed by atoms with van der Waals surface area (Å²) in [7, 11) is 0. The summed E-state index contributed by atoms with van der Waals surface area (Å²) in [6.45, 7) is 5.86. The maximum Gasteiger partial charge on any atom is 0.256 e. The third kappa shape index (κ3) is 3.11. The lowest BCUT2D eigenvalue weighted by Crippen LogP contribution is -2.13. The number of aromatic nitrogens is 3. The van der Waals surface area contributed by atoms with Crippen LogP contribution in [0.25, 0.3) is 22.5 Å². The number of pyridine rings is 1. The first-order chi connectivity index (χ1) is 13.4. The molecule has 0 bridgehead atoms. The molecule has 2 N–H and O–H groups in total. The molecule has 7 heteroatoms. The molecule has 142 valence electrons. The molecule has 0 aliphatic rings. The van der Waals surface area contributed by atoms with Gasteiger partial charge in [-0.15, -0.1) is 0 Å². The van der Waals surface area contributed by atoms with E-state index in [9.17, 15) is 9.90 Å². The van der Waals surface area contributed by atoms with Crippen molar-refractivity contribution in [1.82, 2.24) is 14.8 Å². The van der Waals surface area contributed by atoms with Crippen molar-refractivity contribution in [2.24, 2.45) is 0 Å². The number of phenolic OH excluding ortho intramolecular Hbond substituents is 1. The third-order valence-corrected chi connectivity index (χ3v) is 4.48. The van der Waals surface area contributed by atoms with Crippen LogP contribution in [0.5, 0.6) is 5.75 Å². The van der Waals surface area contributed by atoms with E-state index >= 15 is 0 Å². The third-order valence-electron chi connectivity index (χ3n) is 4.48. The Morgan fingerprint density at radius 1 is 1.25 bits per heavy atom. The molecule has 0 unspecified atom stereocenters. The van der Waals surface area contributed by atoms with Crippen LogP contribution >= 0.6 is 0 Å². The lowest BCUT2D eigenvalue weighted by Gasteiger charge is -2.11. The van der Waals surface area contributed by atoms with Gasteiger partial charge in [-0.1, -0.05) is 6.07 Å². The van der Waals surface area contributed by atoms with Gasteiger partial charge in [-0.25, -0.2) is 9.67 Å². The molecule has 4 aromatic rings. The number of hydrogen-bond acceptors (Lipinski definition) is 5. The number of benzene rings is 1. The summed E-state index contributed by atoms with van der Waals surface area (Å²) in [5.74, 6) is 0.219. The number of nitrogens with zero attached hydrogens (tertiary/aromatic N) is 3. The summed E-state index contributed by atoms with van der Waals surface area (Å²) >= 11 is 0. The van der Waals surface area contributed by atoms with Crippen molar-refractivity contribution in [1.29, 1.82) is 0 Å². The number of fused-ring (bicyclic) bond motifs is 1. The Labute approximate surface area is 161 Å². The maximum absolute atomic E-state index is 13.0. The van der Waals surface area contributed by atoms with Gasteiger partial charge in [0.25, 0.3) is 5.91 Å². The van der Waals surface area contributed by atoms with Crippen LogP contribution in [0.15, 0.2) is 53.3 Å². The van der Waals surface area contributed by atoms with E-state index in [1.807, 2.05) is 26.8 Å². The highest BCUT2D eigenvalue weighted by Crippen LogP contribution is 2.29. The van der Waals surface area contributed by atoms with Gasteiger partial charge < -0.3 is 14.8 Å². The predicted octanol–water partition coefficient (Wildman–Crippen LogP) is 4.54. The minimum absolute atomic E-state index is 0.0165. The van der Waals surface area contributed by atoms with Gasteiger partial charge in [0.2, 0.25) is 0 Å². The Morgan fingerprint density at radius 2 is 2.07 bits per heavy atom. The van der Waals surface area contributed by atoms with Crippen molar-refractivity contribution in [3.05, 3.63) is 60.0 Å². The van der Waals surface area contributed by atoms with Crippen LogP contribution < -0.4 is 5.32 Å². The number of phenols is 1. The van der Waals surface area contributed by atoms with E-state index < -0.39 is 0 Å². The van der Waals surface area contributed by atoms with Crippen molar-refractivity contribution in [3.63, 3.8) is 0 Å². The Kier molecular flexibility index (Phi) is 4.35. The summed E-state index contributed by atoms with van der Waals surface area (Å²) in [6.07, 6.45) is 3.20. The molecule has 0 saturated heterocycles. The van der Waals surface area contributed by atoms with Crippen molar-refractivity contribution < 1.29 is 14.3 Å². The van der Waals surface area contributed by atoms with Gasteiger partial charge in [0.1, 0.15) is 11.4 Å². The summed E-state index contributed by atoms with van der Waals surface area (Å²) in [4.78, 5) is 17.7. The van der Waals surface area contributed by atoms with Gasteiger partial charge >= 0.3 is 0 Å². The zero-order chi connectivity index (χ0) is 19.8. The number of rotatable bonds is 4. The monoisotopic (exact) mass is 376 g/mol. The lowest BCUT2D eigenvalue weighted by atomic mass is 10.1. The van der Waals surface area contributed by atoms with Crippen LogP contribution in [0.3, 0.4) is 0 Å². The van der Waals surface area contributed by atoms with Crippen LogP contribution in [0.1, 0.15) is 35.8 Å². The molecular formula is C21H20N4O3. The molecule has 7 nitrogen and oxygen atoms in total. The zero-order valence-electron chi connectivity index (χ0n) is 15.8. The number of aromatic hydroxyl groups is 1. The fourth-order valence-electron chi connectivity index (χ4n) is 3.07. The molecule has 0 atom stereocenters. The number of aryl methyl sites for hydroxylation is 1. The molecule has 0 aliphatic carbocycles. The number of anilines is 1. The molecule has 3 heterocycles. The first-order valence-corrected chi connectivity index (χ1v) is 8.97. The average Bonchev–Trinajstić information content (AvgIpc) is 3.32. The van der Waals surface area contributed by atoms with E-state index in [1.165, 1.54) is 0 Å². The second-order valence-electron chi connectivity index (χ2n) is 6.93. The van der Waals surface area contributed by atoms with Crippen LogP contribution in [0.4, 0.5) is 5.69 Å². The number of hydrogen-bond donors (Lipinski definition) is 2. The zero-order valence-corrected chi connectivity index (χ0v) is 15.8. The van der Waals surface area contributed by atoms with Gasteiger partial charge in [-0.3, -0.25) is 4.79 Å². The van der Waals surface area contributed by atoms with Crippen molar-refractivity contribution in [2.45, 2.75) is 26.8 Å². The Balaban J connectivity index is 1.83. The van der Waals surface area contributed by atoms with Crippen LogP contribution in [-0.2, 0) is 0 Å². The molecule has 0 aliphatic heterocycles. The highest BCUT2D eigenvalue weighted by atomic mass is 16.3. The molecule has 28 heavy (non-hydrogen) atoms. The number of amides is 1. The first-order valence-electron chi connectivity index (χ1n) is 8.97. The van der Waals surface area contributed by atoms with E-state index in [0.29, 0.717) is 33.7 Å². The molecule has 0 spiro atoms. The fourth-order valence-corrected chi connectivity index (χ4v) is 3.07. The van der Waals surface area contributed by atoms with E-state index in [-0.39, 0.29) is 17.7 Å². The average molecular weight is 376 g/mol. The van der Waals surface area contributed by atoms with E-state index in [1.54, 1.807) is 47.5 Å². The van der Waals surface area contributed by atoms with E-state index in [2.05, 4.69) is 15.4 Å². The van der Waals surface area contributed by atoms with Crippen molar-refractivity contribution >= 4 is 22.6 Å². The summed E-state index contributed by atoms with van der Waals surface area (Å²) in [6, 6.07) is 10.4. The lowest BCUT2D eigenvalue weighted by molar-refractivity contribution is 0.102. The smallest absolute Gasteiger partial charge is 0.256 e. The van der Waals surface area contributed by atoms with Crippen LogP contribution in [0.2, 0.25) is 0 Å².